The van der Waals surface area contributed by atoms with Crippen molar-refractivity contribution in [1.82, 2.24) is 9.47 Å². The molecule has 11 heteroatoms. The van der Waals surface area contributed by atoms with E-state index in [1.165, 1.54) is 19.1 Å². The fourth-order valence-corrected chi connectivity index (χ4v) is 4.63. The van der Waals surface area contributed by atoms with E-state index in [1.54, 1.807) is 32.4 Å². The predicted octanol–water partition coefficient (Wildman–Crippen LogP) is 5.62. The van der Waals surface area contributed by atoms with Crippen molar-refractivity contribution in [2.75, 3.05) is 33.9 Å². The van der Waals surface area contributed by atoms with E-state index in [1.807, 2.05) is 22.8 Å². The molecule has 3 aromatic rings. The van der Waals surface area contributed by atoms with Crippen LogP contribution in [-0.4, -0.2) is 60.6 Å². The Balaban J connectivity index is 1.44. The van der Waals surface area contributed by atoms with Gasteiger partial charge in [-0.05, 0) is 62.3 Å². The number of aromatic nitrogens is 1. The lowest BCUT2D eigenvalue weighted by atomic mass is 10.2. The van der Waals surface area contributed by atoms with E-state index in [2.05, 4.69) is 36.2 Å². The number of carbonyl (C=O) groups excluding carboxylic acids is 1. The largest absolute Gasteiger partial charge is 0.493 e. The second-order valence-corrected chi connectivity index (χ2v) is 9.57. The molecule has 0 bridgehead atoms. The first-order chi connectivity index (χ1) is 18.0. The number of hydrogen-bond donors (Lipinski definition) is 1. The molecule has 196 valence electrons. The number of benzene rings is 2. The first-order valence-electron chi connectivity index (χ1n) is 12.0. The van der Waals surface area contributed by atoms with E-state index in [0.717, 1.165) is 35.9 Å². The number of rotatable bonds is 9. The number of halogens is 1. The van der Waals surface area contributed by atoms with E-state index in [4.69, 9.17) is 14.3 Å². The Morgan fingerprint density at radius 3 is 2.54 bits per heavy atom. The van der Waals surface area contributed by atoms with Crippen LogP contribution in [0.2, 0.25) is 0 Å². The van der Waals surface area contributed by atoms with Crippen LogP contribution in [0.1, 0.15) is 31.2 Å². The van der Waals surface area contributed by atoms with E-state index < -0.39 is 12.5 Å². The van der Waals surface area contributed by atoms with Crippen molar-refractivity contribution in [1.29, 1.82) is 0 Å². The molecule has 0 aliphatic carbocycles. The fraction of sp³-hybridized carbons (Fsp3) is 0.385. The van der Waals surface area contributed by atoms with Crippen LogP contribution in [-0.2, 0) is 16.3 Å². The smallest absolute Gasteiger partial charge is 0.304 e. The minimum Gasteiger partial charge on any atom is -0.493 e. The fourth-order valence-electron chi connectivity index (χ4n) is 4.27. The number of methoxy groups -OCH3 is 2. The van der Waals surface area contributed by atoms with Gasteiger partial charge in [-0.25, -0.2) is 0 Å². The summed E-state index contributed by atoms with van der Waals surface area (Å²) in [5, 5.41) is 23.4. The van der Waals surface area contributed by atoms with Crippen LogP contribution in [0.4, 0.5) is 5.69 Å². The van der Waals surface area contributed by atoms with Crippen molar-refractivity contribution < 1.29 is 24.2 Å². The lowest BCUT2D eigenvalue weighted by Gasteiger charge is -2.21. The second kappa shape index (κ2) is 12.7. The van der Waals surface area contributed by atoms with Crippen LogP contribution >= 0.6 is 15.9 Å². The molecule has 0 atom stereocenters. The lowest BCUT2D eigenvalue weighted by molar-refractivity contribution is -0.122. The summed E-state index contributed by atoms with van der Waals surface area (Å²) in [6.45, 7) is 2.10. The third kappa shape index (κ3) is 6.66. The molecule has 0 saturated carbocycles. The van der Waals surface area contributed by atoms with Gasteiger partial charge in [0.15, 0.2) is 23.8 Å². The van der Waals surface area contributed by atoms with E-state index in [0.29, 0.717) is 29.1 Å². The molecule has 1 fully saturated rings. The lowest BCUT2D eigenvalue weighted by Crippen LogP contribution is -2.27. The second-order valence-electron chi connectivity index (χ2n) is 8.65. The average Bonchev–Trinajstić information content (AvgIpc) is 3.05. The summed E-state index contributed by atoms with van der Waals surface area (Å²) in [7, 11) is 3.10. The Morgan fingerprint density at radius 2 is 1.81 bits per heavy atom. The highest BCUT2D eigenvalue weighted by Gasteiger charge is 2.20. The molecule has 1 aliphatic heterocycles. The van der Waals surface area contributed by atoms with Gasteiger partial charge in [-0.1, -0.05) is 33.9 Å². The molecular weight excluding hydrogens is 542 g/mol. The third-order valence-corrected chi connectivity index (χ3v) is 6.64. The van der Waals surface area contributed by atoms with Crippen molar-refractivity contribution in [3.63, 3.8) is 0 Å². The molecule has 1 amide bonds. The van der Waals surface area contributed by atoms with Gasteiger partial charge >= 0.3 is 5.91 Å². The monoisotopic (exact) mass is 571 g/mol. The van der Waals surface area contributed by atoms with Crippen molar-refractivity contribution in [3.05, 3.63) is 46.4 Å². The maximum atomic E-state index is 12.3. The molecule has 0 radical (unpaired) electrons. The van der Waals surface area contributed by atoms with Crippen molar-refractivity contribution >= 4 is 44.6 Å². The van der Waals surface area contributed by atoms with Gasteiger partial charge in [0.25, 0.3) is 0 Å². The highest BCUT2D eigenvalue weighted by Crippen LogP contribution is 2.40. The Morgan fingerprint density at radius 1 is 1.05 bits per heavy atom. The SMILES string of the molecule is COc1ccc(/C=N\OCC(=O)N=Nc2c(O)n(CN3CCCCCC3)c3ccc(Br)cc23)cc1OC. The summed E-state index contributed by atoms with van der Waals surface area (Å²) in [6, 6.07) is 10.9. The Labute approximate surface area is 223 Å². The van der Waals surface area contributed by atoms with Gasteiger partial charge < -0.3 is 19.4 Å². The van der Waals surface area contributed by atoms with Crippen LogP contribution < -0.4 is 9.47 Å². The van der Waals surface area contributed by atoms with Gasteiger partial charge in [-0.2, -0.15) is 0 Å². The summed E-state index contributed by atoms with van der Waals surface area (Å²) >= 11 is 3.48. The molecule has 2 aromatic carbocycles. The summed E-state index contributed by atoms with van der Waals surface area (Å²) in [4.78, 5) is 19.7. The first-order valence-corrected chi connectivity index (χ1v) is 12.8. The zero-order chi connectivity index (χ0) is 26.2. The number of amides is 1. The maximum absolute atomic E-state index is 12.3. The minimum absolute atomic E-state index is 0.0266. The normalized spacial score (nSPS) is 14.9. The summed E-state index contributed by atoms with van der Waals surface area (Å²) in [5.41, 5.74) is 1.77. The van der Waals surface area contributed by atoms with Crippen LogP contribution in [0.3, 0.4) is 0 Å². The van der Waals surface area contributed by atoms with Crippen molar-refractivity contribution in [3.8, 4) is 17.4 Å². The first kappa shape index (κ1) is 26.6. The molecule has 2 heterocycles. The average molecular weight is 572 g/mol. The van der Waals surface area contributed by atoms with E-state index in [-0.39, 0.29) is 11.6 Å². The quantitative estimate of drug-likeness (QED) is 0.203. The van der Waals surface area contributed by atoms with E-state index >= 15 is 0 Å². The number of ether oxygens (including phenoxy) is 2. The van der Waals surface area contributed by atoms with Gasteiger partial charge in [0.2, 0.25) is 5.88 Å². The molecule has 1 N–H and O–H groups in total. The predicted molar refractivity (Wildman–Crippen MR) is 144 cm³/mol. The highest BCUT2D eigenvalue weighted by atomic mass is 79.9. The van der Waals surface area contributed by atoms with E-state index in [9.17, 15) is 9.90 Å². The zero-order valence-corrected chi connectivity index (χ0v) is 22.5. The van der Waals surface area contributed by atoms with Gasteiger partial charge in [0.1, 0.15) is 0 Å². The molecule has 37 heavy (non-hydrogen) atoms. The zero-order valence-electron chi connectivity index (χ0n) is 20.9. The number of hydrogen-bond acceptors (Lipinski definition) is 8. The van der Waals surface area contributed by atoms with Crippen LogP contribution in [0.15, 0.2) is 56.3 Å². The molecule has 4 rings (SSSR count). The number of nitrogens with zero attached hydrogens (tertiary/aromatic N) is 5. The van der Waals surface area contributed by atoms with Gasteiger partial charge in [-0.3, -0.25) is 14.3 Å². The summed E-state index contributed by atoms with van der Waals surface area (Å²) in [5.74, 6) is 0.491. The summed E-state index contributed by atoms with van der Waals surface area (Å²) < 4.78 is 13.1. The third-order valence-electron chi connectivity index (χ3n) is 6.15. The Hall–Kier alpha value is -3.44. The van der Waals surface area contributed by atoms with Crippen molar-refractivity contribution in [2.24, 2.45) is 15.4 Å². The number of likely N-dealkylation sites (tertiary alicyclic amines) is 1. The maximum Gasteiger partial charge on any atom is 0.304 e. The van der Waals surface area contributed by atoms with Gasteiger partial charge in [-0.15, -0.1) is 10.2 Å². The molecule has 0 unspecified atom stereocenters. The Kier molecular flexibility index (Phi) is 9.13. The van der Waals surface area contributed by atoms with Gasteiger partial charge in [0.05, 0.1) is 32.6 Å². The molecule has 10 nitrogen and oxygen atoms in total. The number of carbonyl (C=O) groups is 1. The van der Waals surface area contributed by atoms with Crippen molar-refractivity contribution in [2.45, 2.75) is 32.4 Å². The minimum atomic E-state index is -0.632. The Bertz CT molecular complexity index is 1300. The number of aromatic hydroxyl groups is 1. The van der Waals surface area contributed by atoms with Crippen LogP contribution in [0.25, 0.3) is 10.9 Å². The highest BCUT2D eigenvalue weighted by molar-refractivity contribution is 9.10. The molecule has 1 aromatic heterocycles. The number of oxime groups is 1. The molecule has 1 aliphatic rings. The number of fused-ring (bicyclic) bond motifs is 1. The van der Waals surface area contributed by atoms with Gasteiger partial charge in [0, 0.05) is 15.4 Å². The van der Waals surface area contributed by atoms with Crippen LogP contribution in [0.5, 0.6) is 17.4 Å². The molecule has 1 saturated heterocycles. The molecule has 0 spiro atoms. The summed E-state index contributed by atoms with van der Waals surface area (Å²) in [6.07, 6.45) is 6.18. The molecular formula is C26H30BrN5O5. The van der Waals surface area contributed by atoms with Crippen LogP contribution in [0, 0.1) is 0 Å². The topological polar surface area (TPSA) is 110 Å². The number of azo groups is 1. The standard InChI is InChI=1S/C26H30BrN5O5/c1-35-22-10-7-18(13-23(22)36-2)15-28-37-16-24(33)29-30-25-20-14-19(27)8-9-21(20)32(26(25)34)17-31-11-5-3-4-6-12-31/h7-10,13-15,34H,3-6,11-12,16-17H2,1-2H3/b28-15-,30-29?.